The van der Waals surface area contributed by atoms with E-state index in [9.17, 15) is 14.7 Å². The van der Waals surface area contributed by atoms with Crippen LogP contribution in [0.2, 0.25) is 0 Å². The first-order valence-corrected chi connectivity index (χ1v) is 9.29. The van der Waals surface area contributed by atoms with Crippen LogP contribution in [0.15, 0.2) is 36.4 Å². The van der Waals surface area contributed by atoms with Crippen LogP contribution >= 0.6 is 0 Å². The first kappa shape index (κ1) is 17.7. The molecular weight excluding hydrogens is 344 g/mol. The number of aliphatic hydroxyl groups excluding tert-OH is 1. The summed E-state index contributed by atoms with van der Waals surface area (Å²) in [5.74, 6) is -0.136. The van der Waals surface area contributed by atoms with Gasteiger partial charge in [-0.3, -0.25) is 9.59 Å². The Hall–Kier alpha value is -2.66. The molecule has 1 unspecified atom stereocenters. The highest BCUT2D eigenvalue weighted by Crippen LogP contribution is 2.39. The van der Waals surface area contributed by atoms with Crippen LogP contribution in [0, 0.1) is 0 Å². The standard InChI is InChI=1S/C22H22O5/c1-26-18-9-7-14(11-19(18)27-15-4-2-3-5-15)20-21(24)16-8-6-13(12-23)10-17(16)22(20)25/h6-11,15,20,23H,2-5,12H2,1H3. The zero-order valence-corrected chi connectivity index (χ0v) is 15.2. The molecule has 0 amide bonds. The molecule has 0 aromatic heterocycles. The quantitative estimate of drug-likeness (QED) is 0.818. The number of carbonyl (C=O) groups excluding carboxylic acids is 2. The summed E-state index contributed by atoms with van der Waals surface area (Å²) in [6.45, 7) is -0.165. The fourth-order valence-corrected chi connectivity index (χ4v) is 3.99. The lowest BCUT2D eigenvalue weighted by molar-refractivity contribution is 0.0890. The normalized spacial score (nSPS) is 19.4. The number of hydrogen-bond acceptors (Lipinski definition) is 5. The second-order valence-corrected chi connectivity index (χ2v) is 7.13. The number of ketones is 2. The topological polar surface area (TPSA) is 72.8 Å². The average Bonchev–Trinajstić information content (AvgIpc) is 3.28. The van der Waals surface area contributed by atoms with E-state index in [1.165, 1.54) is 0 Å². The van der Waals surface area contributed by atoms with Gasteiger partial charge in [0.1, 0.15) is 5.92 Å². The molecule has 5 nitrogen and oxygen atoms in total. The van der Waals surface area contributed by atoms with Gasteiger partial charge in [-0.1, -0.05) is 18.2 Å². The Labute approximate surface area is 157 Å². The number of hydrogen-bond donors (Lipinski definition) is 1. The van der Waals surface area contributed by atoms with E-state index in [1.807, 2.05) is 0 Å². The van der Waals surface area contributed by atoms with Crippen molar-refractivity contribution in [2.75, 3.05) is 7.11 Å². The van der Waals surface area contributed by atoms with E-state index in [1.54, 1.807) is 43.5 Å². The van der Waals surface area contributed by atoms with Gasteiger partial charge >= 0.3 is 0 Å². The molecule has 2 aliphatic carbocycles. The van der Waals surface area contributed by atoms with Gasteiger partial charge in [-0.05, 0) is 55.0 Å². The first-order chi connectivity index (χ1) is 13.1. The van der Waals surface area contributed by atoms with Crippen molar-refractivity contribution in [3.05, 3.63) is 58.7 Å². The molecule has 27 heavy (non-hydrogen) atoms. The van der Waals surface area contributed by atoms with Gasteiger partial charge in [-0.25, -0.2) is 0 Å². The van der Waals surface area contributed by atoms with Crippen molar-refractivity contribution in [3.8, 4) is 11.5 Å². The second-order valence-electron chi connectivity index (χ2n) is 7.13. The fourth-order valence-electron chi connectivity index (χ4n) is 3.99. The molecule has 4 rings (SSSR count). The number of aliphatic hydroxyl groups is 1. The van der Waals surface area contributed by atoms with E-state index in [2.05, 4.69) is 0 Å². The molecule has 0 spiro atoms. The second kappa shape index (κ2) is 7.16. The zero-order chi connectivity index (χ0) is 19.0. The SMILES string of the molecule is COc1ccc(C2C(=O)c3ccc(CO)cc3C2=O)cc1OC1CCCC1. The lowest BCUT2D eigenvalue weighted by atomic mass is 9.94. The molecule has 0 bridgehead atoms. The lowest BCUT2D eigenvalue weighted by Crippen LogP contribution is -2.15. The summed E-state index contributed by atoms with van der Waals surface area (Å²) in [5.41, 5.74) is 2.03. The molecule has 140 valence electrons. The fraction of sp³-hybridized carbons (Fsp3) is 0.364. The smallest absolute Gasteiger partial charge is 0.178 e. The monoisotopic (exact) mass is 366 g/mol. The van der Waals surface area contributed by atoms with E-state index >= 15 is 0 Å². The Morgan fingerprint density at radius 3 is 2.41 bits per heavy atom. The summed E-state index contributed by atoms with van der Waals surface area (Å²) >= 11 is 0. The highest BCUT2D eigenvalue weighted by atomic mass is 16.5. The van der Waals surface area contributed by atoms with E-state index in [0.717, 1.165) is 25.7 Å². The molecule has 1 saturated carbocycles. The van der Waals surface area contributed by atoms with E-state index in [4.69, 9.17) is 9.47 Å². The minimum atomic E-state index is -0.870. The van der Waals surface area contributed by atoms with Gasteiger partial charge < -0.3 is 14.6 Å². The highest BCUT2D eigenvalue weighted by Gasteiger charge is 2.40. The summed E-state index contributed by atoms with van der Waals surface area (Å²) in [6, 6.07) is 10.2. The van der Waals surface area contributed by atoms with E-state index < -0.39 is 5.92 Å². The predicted molar refractivity (Wildman–Crippen MR) is 99.6 cm³/mol. The molecule has 0 heterocycles. The minimum absolute atomic E-state index is 0.147. The largest absolute Gasteiger partial charge is 0.493 e. The van der Waals surface area contributed by atoms with Crippen molar-refractivity contribution in [1.29, 1.82) is 0 Å². The number of Topliss-reactive ketones (excluding diaryl/α,β-unsaturated/α-hetero) is 2. The Morgan fingerprint density at radius 2 is 1.70 bits per heavy atom. The Bertz CT molecular complexity index is 896. The summed E-state index contributed by atoms with van der Waals surface area (Å²) in [4.78, 5) is 25.8. The molecule has 0 saturated heterocycles. The van der Waals surface area contributed by atoms with Crippen LogP contribution in [0.1, 0.15) is 63.4 Å². The van der Waals surface area contributed by atoms with Crippen LogP contribution in [0.4, 0.5) is 0 Å². The van der Waals surface area contributed by atoms with Crippen molar-refractivity contribution < 1.29 is 24.2 Å². The van der Waals surface area contributed by atoms with Gasteiger partial charge in [-0.2, -0.15) is 0 Å². The maximum Gasteiger partial charge on any atom is 0.178 e. The van der Waals surface area contributed by atoms with Gasteiger partial charge in [-0.15, -0.1) is 0 Å². The Balaban J connectivity index is 1.68. The zero-order valence-electron chi connectivity index (χ0n) is 15.2. The van der Waals surface area contributed by atoms with Crippen molar-refractivity contribution in [2.45, 2.75) is 44.3 Å². The van der Waals surface area contributed by atoms with Gasteiger partial charge in [0, 0.05) is 11.1 Å². The molecule has 2 aromatic carbocycles. The lowest BCUT2D eigenvalue weighted by Gasteiger charge is -2.18. The summed E-state index contributed by atoms with van der Waals surface area (Å²) in [5, 5.41) is 9.31. The number of benzene rings is 2. The van der Waals surface area contributed by atoms with Gasteiger partial charge in [0.2, 0.25) is 0 Å². The first-order valence-electron chi connectivity index (χ1n) is 9.29. The summed E-state index contributed by atoms with van der Waals surface area (Å²) in [7, 11) is 1.58. The van der Waals surface area contributed by atoms with Gasteiger partial charge in [0.05, 0.1) is 19.8 Å². The van der Waals surface area contributed by atoms with Crippen LogP contribution in [0.25, 0.3) is 0 Å². The predicted octanol–water partition coefficient (Wildman–Crippen LogP) is 3.67. The summed E-state index contributed by atoms with van der Waals surface area (Å²) in [6.07, 6.45) is 4.45. The van der Waals surface area contributed by atoms with Crippen LogP contribution in [-0.4, -0.2) is 29.9 Å². The number of fused-ring (bicyclic) bond motifs is 1. The van der Waals surface area contributed by atoms with Crippen LogP contribution < -0.4 is 9.47 Å². The van der Waals surface area contributed by atoms with Gasteiger partial charge in [0.15, 0.2) is 23.1 Å². The molecule has 1 fully saturated rings. The molecule has 5 heteroatoms. The third-order valence-corrected chi connectivity index (χ3v) is 5.44. The van der Waals surface area contributed by atoms with Crippen molar-refractivity contribution in [2.24, 2.45) is 0 Å². The van der Waals surface area contributed by atoms with Crippen molar-refractivity contribution in [1.82, 2.24) is 0 Å². The molecule has 0 radical (unpaired) electrons. The third-order valence-electron chi connectivity index (χ3n) is 5.44. The molecule has 1 atom stereocenters. The average molecular weight is 366 g/mol. The molecule has 2 aromatic rings. The third kappa shape index (κ3) is 3.12. The maximum atomic E-state index is 12.9. The maximum absolute atomic E-state index is 12.9. The Morgan fingerprint density at radius 1 is 0.963 bits per heavy atom. The molecule has 1 N–H and O–H groups in total. The number of carbonyl (C=O) groups is 2. The highest BCUT2D eigenvalue weighted by molar-refractivity contribution is 6.29. The molecular formula is C22H22O5. The van der Waals surface area contributed by atoms with Crippen molar-refractivity contribution in [3.63, 3.8) is 0 Å². The van der Waals surface area contributed by atoms with Gasteiger partial charge in [0.25, 0.3) is 0 Å². The van der Waals surface area contributed by atoms with Crippen LogP contribution in [-0.2, 0) is 6.61 Å². The molecule has 2 aliphatic rings. The van der Waals surface area contributed by atoms with E-state index in [-0.39, 0.29) is 24.3 Å². The summed E-state index contributed by atoms with van der Waals surface area (Å²) < 4.78 is 11.5. The number of methoxy groups -OCH3 is 1. The molecule has 0 aliphatic heterocycles. The van der Waals surface area contributed by atoms with Crippen molar-refractivity contribution >= 4 is 11.6 Å². The Kier molecular flexibility index (Phi) is 4.70. The van der Waals surface area contributed by atoms with Crippen LogP contribution in [0.5, 0.6) is 11.5 Å². The number of ether oxygens (including phenoxy) is 2. The minimum Gasteiger partial charge on any atom is -0.493 e. The van der Waals surface area contributed by atoms with E-state index in [0.29, 0.717) is 33.8 Å². The van der Waals surface area contributed by atoms with Crippen LogP contribution in [0.3, 0.4) is 0 Å². The number of rotatable bonds is 5.